The molecule has 1 aromatic carbocycles. The van der Waals surface area contributed by atoms with Crippen molar-refractivity contribution in [2.24, 2.45) is 0 Å². The van der Waals surface area contributed by atoms with Crippen LogP contribution in [0.15, 0.2) is 47.4 Å². The Balaban J connectivity index is 1.93. The van der Waals surface area contributed by atoms with Crippen molar-refractivity contribution >= 4 is 17.5 Å². The van der Waals surface area contributed by atoms with Crippen molar-refractivity contribution < 1.29 is 13.9 Å². The number of hydrogen-bond acceptors (Lipinski definition) is 5. The van der Waals surface area contributed by atoms with Crippen molar-refractivity contribution in [3.8, 4) is 28.5 Å². The molecule has 0 radical (unpaired) electrons. The predicted octanol–water partition coefficient (Wildman–Crippen LogP) is 3.87. The van der Waals surface area contributed by atoms with E-state index in [1.807, 2.05) is 0 Å². The van der Waals surface area contributed by atoms with E-state index in [1.165, 1.54) is 19.2 Å². The van der Waals surface area contributed by atoms with Gasteiger partial charge in [-0.1, -0.05) is 24.6 Å². The van der Waals surface area contributed by atoms with E-state index in [2.05, 4.69) is 20.3 Å². The van der Waals surface area contributed by atoms with E-state index >= 15 is 0 Å². The Morgan fingerprint density at radius 2 is 2.07 bits per heavy atom. The Morgan fingerprint density at radius 3 is 2.73 bits per heavy atom. The summed E-state index contributed by atoms with van der Waals surface area (Å²) in [6.45, 7) is 3.37. The summed E-state index contributed by atoms with van der Waals surface area (Å²) in [6, 6.07) is 9.67. The first-order chi connectivity index (χ1) is 14.4. The molecule has 0 saturated heterocycles. The number of hydrogen-bond donors (Lipinski definition) is 2. The number of amides is 1. The molecule has 1 amide bonds. The van der Waals surface area contributed by atoms with Crippen LogP contribution in [0.2, 0.25) is 5.02 Å². The molecule has 7 nitrogen and oxygen atoms in total. The van der Waals surface area contributed by atoms with Gasteiger partial charge in [-0.2, -0.15) is 0 Å². The molecule has 0 aliphatic rings. The summed E-state index contributed by atoms with van der Waals surface area (Å²) in [5.74, 6) is 0.468. The van der Waals surface area contributed by atoms with Crippen LogP contribution in [0.4, 0.5) is 4.39 Å². The Bertz CT molecular complexity index is 1100. The lowest BCUT2D eigenvalue weighted by molar-refractivity contribution is -0.120. The zero-order chi connectivity index (χ0) is 21.7. The molecule has 1 unspecified atom stereocenters. The van der Waals surface area contributed by atoms with Gasteiger partial charge in [-0.15, -0.1) is 0 Å². The second kappa shape index (κ2) is 9.49. The van der Waals surface area contributed by atoms with Crippen LogP contribution >= 0.6 is 11.6 Å². The number of alkyl halides is 1. The van der Waals surface area contributed by atoms with Gasteiger partial charge < -0.3 is 15.0 Å². The highest BCUT2D eigenvalue weighted by Crippen LogP contribution is 2.27. The van der Waals surface area contributed by atoms with Crippen LogP contribution in [0.3, 0.4) is 0 Å². The maximum absolute atomic E-state index is 13.0. The molecule has 0 aliphatic carbocycles. The topological polar surface area (TPSA) is 97.0 Å². The number of pyridine rings is 1. The number of carbonyl (C=O) groups excluding carboxylic acids is 1. The van der Waals surface area contributed by atoms with Gasteiger partial charge in [0.1, 0.15) is 11.6 Å². The van der Waals surface area contributed by atoms with Crippen molar-refractivity contribution in [2.45, 2.75) is 33.2 Å². The van der Waals surface area contributed by atoms with Crippen molar-refractivity contribution in [3.05, 3.63) is 63.5 Å². The standard InChI is InChI=1S/C21H20ClFN4O3/c1-3-19(28)25-10-13-4-6-16(22)15(8-13)21-26-18(9-20(29)27-21)17-7-5-14(11-24-17)30-12(2)23/h4-9,11-12H,3,10H2,1-2H3,(H,25,28)(H,26,27,29). The lowest BCUT2D eigenvalue weighted by Gasteiger charge is -2.10. The lowest BCUT2D eigenvalue weighted by Crippen LogP contribution is -2.21. The van der Waals surface area contributed by atoms with Crippen molar-refractivity contribution in [1.29, 1.82) is 0 Å². The number of aromatic amines is 1. The van der Waals surface area contributed by atoms with Crippen LogP contribution in [0, 0.1) is 0 Å². The number of carbonyl (C=O) groups is 1. The van der Waals surface area contributed by atoms with Gasteiger partial charge in [-0.25, -0.2) is 9.37 Å². The van der Waals surface area contributed by atoms with Gasteiger partial charge in [0.2, 0.25) is 12.3 Å². The monoisotopic (exact) mass is 430 g/mol. The van der Waals surface area contributed by atoms with Gasteiger partial charge in [0.25, 0.3) is 5.56 Å². The largest absolute Gasteiger partial charge is 0.459 e. The van der Waals surface area contributed by atoms with E-state index in [0.29, 0.717) is 34.9 Å². The minimum atomic E-state index is -1.46. The molecule has 3 rings (SSSR count). The molecular weight excluding hydrogens is 411 g/mol. The molecule has 9 heteroatoms. The number of rotatable bonds is 7. The van der Waals surface area contributed by atoms with Crippen molar-refractivity contribution in [2.75, 3.05) is 0 Å². The average Bonchev–Trinajstić information content (AvgIpc) is 2.72. The molecule has 0 spiro atoms. The molecule has 2 aromatic heterocycles. The first kappa shape index (κ1) is 21.4. The number of nitrogens with zero attached hydrogens (tertiary/aromatic N) is 2. The Hall–Kier alpha value is -3.26. The predicted molar refractivity (Wildman–Crippen MR) is 112 cm³/mol. The van der Waals surface area contributed by atoms with Gasteiger partial charge in [-0.3, -0.25) is 14.6 Å². The Labute approximate surface area is 177 Å². The van der Waals surface area contributed by atoms with E-state index in [1.54, 1.807) is 37.3 Å². The van der Waals surface area contributed by atoms with Gasteiger partial charge in [0, 0.05) is 31.5 Å². The average molecular weight is 431 g/mol. The fourth-order valence-electron chi connectivity index (χ4n) is 2.69. The van der Waals surface area contributed by atoms with Crippen molar-refractivity contribution in [1.82, 2.24) is 20.3 Å². The highest BCUT2D eigenvalue weighted by Gasteiger charge is 2.12. The molecule has 3 aromatic rings. The number of aromatic nitrogens is 3. The lowest BCUT2D eigenvalue weighted by atomic mass is 10.1. The summed E-state index contributed by atoms with van der Waals surface area (Å²) in [5.41, 5.74) is 1.70. The summed E-state index contributed by atoms with van der Waals surface area (Å²) in [6.07, 6.45) is 0.287. The maximum Gasteiger partial charge on any atom is 0.251 e. The summed E-state index contributed by atoms with van der Waals surface area (Å²) in [4.78, 5) is 35.1. The number of halogens is 2. The van der Waals surface area contributed by atoms with Crippen molar-refractivity contribution in [3.63, 3.8) is 0 Å². The SMILES string of the molecule is CCC(=O)NCc1ccc(Cl)c(-c2nc(-c3ccc(OC(C)F)cn3)cc(=O)[nH]2)c1. The smallest absolute Gasteiger partial charge is 0.251 e. The van der Waals surface area contributed by atoms with Gasteiger partial charge in [-0.05, 0) is 29.8 Å². The second-order valence-electron chi connectivity index (χ2n) is 6.46. The van der Waals surface area contributed by atoms with Crippen LogP contribution in [0.25, 0.3) is 22.8 Å². The first-order valence-corrected chi connectivity index (χ1v) is 9.67. The number of nitrogens with one attached hydrogen (secondary N) is 2. The fourth-order valence-corrected chi connectivity index (χ4v) is 2.90. The van der Waals surface area contributed by atoms with Crippen LogP contribution < -0.4 is 15.6 Å². The van der Waals surface area contributed by atoms with Crippen LogP contribution in [0.5, 0.6) is 5.75 Å². The van der Waals surface area contributed by atoms with Crippen LogP contribution in [0.1, 0.15) is 25.8 Å². The molecule has 30 heavy (non-hydrogen) atoms. The highest BCUT2D eigenvalue weighted by molar-refractivity contribution is 6.33. The number of benzene rings is 1. The van der Waals surface area contributed by atoms with E-state index < -0.39 is 6.36 Å². The summed E-state index contributed by atoms with van der Waals surface area (Å²) >= 11 is 6.32. The minimum absolute atomic E-state index is 0.0688. The van der Waals surface area contributed by atoms with E-state index in [-0.39, 0.29) is 23.0 Å². The summed E-state index contributed by atoms with van der Waals surface area (Å²) < 4.78 is 17.9. The van der Waals surface area contributed by atoms with Gasteiger partial charge in [0.05, 0.1) is 22.6 Å². The summed E-state index contributed by atoms with van der Waals surface area (Å²) in [7, 11) is 0. The van der Waals surface area contributed by atoms with E-state index in [0.717, 1.165) is 5.56 Å². The minimum Gasteiger partial charge on any atom is -0.459 e. The van der Waals surface area contributed by atoms with Crippen LogP contribution in [-0.2, 0) is 11.3 Å². The maximum atomic E-state index is 13.0. The molecule has 156 valence electrons. The number of ether oxygens (including phenoxy) is 1. The summed E-state index contributed by atoms with van der Waals surface area (Å²) in [5, 5.41) is 3.19. The highest BCUT2D eigenvalue weighted by atomic mass is 35.5. The molecule has 1 atom stereocenters. The molecule has 0 aliphatic heterocycles. The van der Waals surface area contributed by atoms with Gasteiger partial charge >= 0.3 is 0 Å². The fraction of sp³-hybridized carbons (Fsp3) is 0.238. The molecule has 0 bridgehead atoms. The molecule has 0 fully saturated rings. The third-order valence-electron chi connectivity index (χ3n) is 4.14. The zero-order valence-corrected chi connectivity index (χ0v) is 17.2. The van der Waals surface area contributed by atoms with Crippen LogP contribution in [-0.4, -0.2) is 27.2 Å². The Morgan fingerprint density at radius 1 is 1.27 bits per heavy atom. The number of H-pyrrole nitrogens is 1. The molecule has 2 N–H and O–H groups in total. The quantitative estimate of drug-likeness (QED) is 0.593. The third-order valence-corrected chi connectivity index (χ3v) is 4.47. The van der Waals surface area contributed by atoms with E-state index in [4.69, 9.17) is 16.3 Å². The zero-order valence-electron chi connectivity index (χ0n) is 16.4. The first-order valence-electron chi connectivity index (χ1n) is 9.29. The second-order valence-corrected chi connectivity index (χ2v) is 6.87. The molecule has 0 saturated carbocycles. The molecule has 2 heterocycles. The van der Waals surface area contributed by atoms with E-state index in [9.17, 15) is 14.0 Å². The van der Waals surface area contributed by atoms with Gasteiger partial charge in [0.15, 0.2) is 0 Å². The molecular formula is C21H20ClFN4O3. The Kier molecular flexibility index (Phi) is 6.79. The normalized spacial score (nSPS) is 11.7. The third kappa shape index (κ3) is 5.42.